The minimum Gasteiger partial charge on any atom is -0.508 e. The maximum absolute atomic E-state index is 12.0. The Balaban J connectivity index is 2.24. The van der Waals surface area contributed by atoms with Crippen LogP contribution in [0.15, 0.2) is 24.4 Å². The van der Waals surface area contributed by atoms with E-state index in [4.69, 9.17) is 11.6 Å². The van der Waals surface area contributed by atoms with Gasteiger partial charge in [-0.15, -0.1) is 0 Å². The Hall–Kier alpha value is -2.01. The first-order chi connectivity index (χ1) is 8.49. The van der Waals surface area contributed by atoms with Gasteiger partial charge >= 0.3 is 0 Å². The van der Waals surface area contributed by atoms with E-state index in [9.17, 15) is 9.90 Å². The molecule has 0 atom stereocenters. The number of aryl methyl sites for hydroxylation is 1. The quantitative estimate of drug-likeness (QED) is 0.819. The van der Waals surface area contributed by atoms with Gasteiger partial charge in [0.15, 0.2) is 0 Å². The zero-order valence-corrected chi connectivity index (χ0v) is 10.7. The number of rotatable bonds is 2. The fourth-order valence-electron chi connectivity index (χ4n) is 1.52. The molecule has 2 aromatic rings. The molecule has 0 saturated carbocycles. The van der Waals surface area contributed by atoms with Crippen molar-refractivity contribution in [3.8, 4) is 5.75 Å². The molecule has 1 amide bonds. The average Bonchev–Trinajstić information content (AvgIpc) is 2.64. The third-order valence-electron chi connectivity index (χ3n) is 2.68. The Morgan fingerprint density at radius 1 is 1.50 bits per heavy atom. The number of nitrogens with one attached hydrogen (secondary N) is 1. The van der Waals surface area contributed by atoms with Crippen LogP contribution in [0.25, 0.3) is 0 Å². The third-order valence-corrected chi connectivity index (χ3v) is 2.99. The maximum Gasteiger partial charge on any atom is 0.259 e. The van der Waals surface area contributed by atoms with E-state index < -0.39 is 0 Å². The van der Waals surface area contributed by atoms with Crippen LogP contribution >= 0.6 is 11.6 Å². The first-order valence-corrected chi connectivity index (χ1v) is 5.65. The van der Waals surface area contributed by atoms with Gasteiger partial charge in [0.1, 0.15) is 5.75 Å². The maximum atomic E-state index is 12.0. The van der Waals surface area contributed by atoms with Gasteiger partial charge in [-0.3, -0.25) is 9.48 Å². The van der Waals surface area contributed by atoms with Crippen LogP contribution in [0.3, 0.4) is 0 Å². The van der Waals surface area contributed by atoms with E-state index >= 15 is 0 Å². The number of halogens is 1. The minimum absolute atomic E-state index is 0.0514. The summed E-state index contributed by atoms with van der Waals surface area (Å²) < 4.78 is 1.62. The highest BCUT2D eigenvalue weighted by Crippen LogP contribution is 2.26. The number of hydrogen-bond donors (Lipinski definition) is 2. The smallest absolute Gasteiger partial charge is 0.259 e. The van der Waals surface area contributed by atoms with Gasteiger partial charge in [-0.25, -0.2) is 0 Å². The standard InChI is InChI=1S/C12H12ClN3O2/c1-7-9(6-14-16(7)2)12(18)15-11-4-3-8(17)5-10(11)13/h3-6,17H,1-2H3,(H,15,18). The Bertz CT molecular complexity index is 607. The molecule has 0 aliphatic carbocycles. The normalized spacial score (nSPS) is 10.4. The van der Waals surface area contributed by atoms with Crippen LogP contribution in [0.5, 0.6) is 5.75 Å². The second-order valence-corrected chi connectivity index (χ2v) is 4.29. The lowest BCUT2D eigenvalue weighted by molar-refractivity contribution is 0.102. The van der Waals surface area contributed by atoms with Gasteiger partial charge in [0.2, 0.25) is 0 Å². The molecule has 0 fully saturated rings. The third kappa shape index (κ3) is 2.31. The molecule has 0 radical (unpaired) electrons. The van der Waals surface area contributed by atoms with Gasteiger partial charge in [0.25, 0.3) is 5.91 Å². The van der Waals surface area contributed by atoms with E-state index in [1.807, 2.05) is 0 Å². The van der Waals surface area contributed by atoms with Crippen molar-refractivity contribution in [2.45, 2.75) is 6.92 Å². The monoisotopic (exact) mass is 265 g/mol. The summed E-state index contributed by atoms with van der Waals surface area (Å²) in [6, 6.07) is 4.37. The molecule has 2 rings (SSSR count). The molecule has 2 N–H and O–H groups in total. The number of amides is 1. The molecule has 0 aliphatic rings. The van der Waals surface area contributed by atoms with E-state index in [1.54, 1.807) is 24.7 Å². The zero-order valence-electron chi connectivity index (χ0n) is 9.94. The molecule has 18 heavy (non-hydrogen) atoms. The van der Waals surface area contributed by atoms with E-state index in [2.05, 4.69) is 10.4 Å². The zero-order chi connectivity index (χ0) is 13.3. The second-order valence-electron chi connectivity index (χ2n) is 3.89. The first kappa shape index (κ1) is 12.4. The molecule has 6 heteroatoms. The van der Waals surface area contributed by atoms with Crippen molar-refractivity contribution < 1.29 is 9.90 Å². The van der Waals surface area contributed by atoms with Gasteiger partial charge in [-0.05, 0) is 19.1 Å². The summed E-state index contributed by atoms with van der Waals surface area (Å²) in [5, 5.41) is 16.2. The molecular formula is C12H12ClN3O2. The predicted molar refractivity (Wildman–Crippen MR) is 69.0 cm³/mol. The predicted octanol–water partition coefficient (Wildman–Crippen LogP) is 2.34. The number of carbonyl (C=O) groups is 1. The van der Waals surface area contributed by atoms with Crippen molar-refractivity contribution in [1.29, 1.82) is 0 Å². The Kier molecular flexibility index (Phi) is 3.25. The molecule has 1 heterocycles. The second kappa shape index (κ2) is 4.70. The van der Waals surface area contributed by atoms with Crippen LogP contribution in [0.1, 0.15) is 16.1 Å². The van der Waals surface area contributed by atoms with Crippen molar-refractivity contribution in [2.75, 3.05) is 5.32 Å². The number of phenolic OH excluding ortho intramolecular Hbond substituents is 1. The molecule has 0 unspecified atom stereocenters. The average molecular weight is 266 g/mol. The number of nitrogens with zero attached hydrogens (tertiary/aromatic N) is 2. The van der Waals surface area contributed by atoms with E-state index in [0.717, 1.165) is 5.69 Å². The van der Waals surface area contributed by atoms with Crippen LogP contribution in [0, 0.1) is 6.92 Å². The molecule has 5 nitrogen and oxygen atoms in total. The van der Waals surface area contributed by atoms with Gasteiger partial charge < -0.3 is 10.4 Å². The summed E-state index contributed by atoms with van der Waals surface area (Å²) in [5.41, 5.74) is 1.70. The number of aromatic hydroxyl groups is 1. The van der Waals surface area contributed by atoms with Gasteiger partial charge in [-0.2, -0.15) is 5.10 Å². The molecule has 0 aliphatic heterocycles. The summed E-state index contributed by atoms with van der Waals surface area (Å²) >= 11 is 5.91. The Labute approximate surface area is 109 Å². The summed E-state index contributed by atoms with van der Waals surface area (Å²) in [5.74, 6) is -0.233. The van der Waals surface area contributed by atoms with Crippen molar-refractivity contribution in [3.63, 3.8) is 0 Å². The van der Waals surface area contributed by atoms with Gasteiger partial charge in [-0.1, -0.05) is 11.6 Å². The molecule has 0 spiro atoms. The lowest BCUT2D eigenvalue weighted by Crippen LogP contribution is -2.13. The highest BCUT2D eigenvalue weighted by Gasteiger charge is 2.14. The fraction of sp³-hybridized carbons (Fsp3) is 0.167. The topological polar surface area (TPSA) is 67.2 Å². The van der Waals surface area contributed by atoms with Crippen LogP contribution in [0.4, 0.5) is 5.69 Å². The van der Waals surface area contributed by atoms with Gasteiger partial charge in [0.05, 0.1) is 22.5 Å². The largest absolute Gasteiger partial charge is 0.508 e. The van der Waals surface area contributed by atoms with Crippen molar-refractivity contribution >= 4 is 23.2 Å². The van der Waals surface area contributed by atoms with Crippen molar-refractivity contribution in [1.82, 2.24) is 9.78 Å². The van der Waals surface area contributed by atoms with E-state index in [0.29, 0.717) is 11.3 Å². The van der Waals surface area contributed by atoms with Crippen LogP contribution in [-0.2, 0) is 7.05 Å². The lowest BCUT2D eigenvalue weighted by atomic mass is 10.2. The number of carbonyl (C=O) groups excluding carboxylic acids is 1. The number of benzene rings is 1. The van der Waals surface area contributed by atoms with E-state index in [-0.39, 0.29) is 16.7 Å². The fourth-order valence-corrected chi connectivity index (χ4v) is 1.74. The molecule has 0 saturated heterocycles. The molecular weight excluding hydrogens is 254 g/mol. The Morgan fingerprint density at radius 3 is 2.78 bits per heavy atom. The van der Waals surface area contributed by atoms with Crippen LogP contribution in [0.2, 0.25) is 5.02 Å². The van der Waals surface area contributed by atoms with Crippen molar-refractivity contribution in [3.05, 3.63) is 40.7 Å². The summed E-state index contributed by atoms with van der Waals surface area (Å²) in [6.07, 6.45) is 1.50. The van der Waals surface area contributed by atoms with Crippen molar-refractivity contribution in [2.24, 2.45) is 7.05 Å². The van der Waals surface area contributed by atoms with Crippen LogP contribution in [-0.4, -0.2) is 20.8 Å². The van der Waals surface area contributed by atoms with Gasteiger partial charge in [0, 0.05) is 18.8 Å². The molecule has 1 aromatic carbocycles. The number of aromatic nitrogens is 2. The summed E-state index contributed by atoms with van der Waals surface area (Å²) in [4.78, 5) is 12.0. The minimum atomic E-state index is -0.284. The first-order valence-electron chi connectivity index (χ1n) is 5.27. The number of phenols is 1. The molecule has 1 aromatic heterocycles. The van der Waals surface area contributed by atoms with E-state index in [1.165, 1.54) is 18.3 Å². The highest BCUT2D eigenvalue weighted by molar-refractivity contribution is 6.34. The lowest BCUT2D eigenvalue weighted by Gasteiger charge is -2.07. The Morgan fingerprint density at radius 2 is 2.22 bits per heavy atom. The SMILES string of the molecule is Cc1c(C(=O)Nc2ccc(O)cc2Cl)cnn1C. The summed E-state index contributed by atoms with van der Waals surface area (Å²) in [6.45, 7) is 1.81. The number of hydrogen-bond acceptors (Lipinski definition) is 3. The summed E-state index contributed by atoms with van der Waals surface area (Å²) in [7, 11) is 1.76. The number of anilines is 1. The van der Waals surface area contributed by atoms with Crippen LogP contribution < -0.4 is 5.32 Å². The molecule has 0 bridgehead atoms. The highest BCUT2D eigenvalue weighted by atomic mass is 35.5. The molecule has 94 valence electrons.